The van der Waals surface area contributed by atoms with E-state index in [9.17, 15) is 4.79 Å². The second kappa shape index (κ2) is 8.99. The first-order valence-electron chi connectivity index (χ1n) is 10.8. The van der Waals surface area contributed by atoms with E-state index in [1.54, 1.807) is 7.11 Å². The first-order chi connectivity index (χ1) is 13.7. The number of carbonyl (C=O) groups excluding carboxylic acids is 1. The maximum atomic E-state index is 13.2. The topological polar surface area (TPSA) is 44.8 Å². The van der Waals surface area contributed by atoms with Crippen molar-refractivity contribution in [3.63, 3.8) is 0 Å². The molecule has 0 spiro atoms. The summed E-state index contributed by atoms with van der Waals surface area (Å²) >= 11 is 0. The molecule has 2 fully saturated rings. The van der Waals surface area contributed by atoms with Crippen LogP contribution in [-0.2, 0) is 0 Å². The summed E-state index contributed by atoms with van der Waals surface area (Å²) in [5.41, 5.74) is 0.741. The van der Waals surface area contributed by atoms with E-state index < -0.39 is 0 Å². The average Bonchev–Trinajstić information content (AvgIpc) is 3.35. The van der Waals surface area contributed by atoms with Gasteiger partial charge in [-0.3, -0.25) is 0 Å². The molecular weight excluding hydrogens is 350 g/mol. The van der Waals surface area contributed by atoms with E-state index in [4.69, 9.17) is 4.74 Å². The van der Waals surface area contributed by atoms with E-state index in [1.165, 1.54) is 45.2 Å². The van der Waals surface area contributed by atoms with Crippen LogP contribution in [0.2, 0.25) is 0 Å². The first-order valence-corrected chi connectivity index (χ1v) is 10.8. The number of carbonyl (C=O) groups is 1. The van der Waals surface area contributed by atoms with Crippen LogP contribution in [0, 0.1) is 17.8 Å². The molecule has 3 unspecified atom stereocenters. The highest BCUT2D eigenvalue weighted by Gasteiger charge is 2.37. The highest BCUT2D eigenvalue weighted by Crippen LogP contribution is 2.43. The van der Waals surface area contributed by atoms with Crippen LogP contribution < -0.4 is 10.1 Å². The Morgan fingerprint density at radius 3 is 2.71 bits per heavy atom. The smallest absolute Gasteiger partial charge is 0.322 e. The molecule has 1 aromatic carbocycles. The van der Waals surface area contributed by atoms with E-state index in [0.717, 1.165) is 31.2 Å². The van der Waals surface area contributed by atoms with Crippen LogP contribution in [0.4, 0.5) is 10.5 Å². The van der Waals surface area contributed by atoms with Crippen molar-refractivity contribution in [2.45, 2.75) is 32.1 Å². The average molecular weight is 384 g/mol. The lowest BCUT2D eigenvalue weighted by molar-refractivity contribution is 0.167. The minimum Gasteiger partial charge on any atom is -0.495 e. The highest BCUT2D eigenvalue weighted by atomic mass is 16.5. The third-order valence-electron chi connectivity index (χ3n) is 6.64. The summed E-state index contributed by atoms with van der Waals surface area (Å²) < 4.78 is 5.40. The molecule has 1 saturated heterocycles. The Bertz CT molecular complexity index is 699. The molecule has 1 aromatic rings. The molecule has 1 aliphatic heterocycles. The number of likely N-dealkylation sites (tertiary alicyclic amines) is 1. The van der Waals surface area contributed by atoms with Crippen LogP contribution in [0.3, 0.4) is 0 Å². The molecule has 3 atom stereocenters. The minimum absolute atomic E-state index is 0.00624. The number of piperidine rings is 1. The number of anilines is 1. The second-order valence-corrected chi connectivity index (χ2v) is 8.52. The number of hydrogen-bond acceptors (Lipinski definition) is 3. The predicted molar refractivity (Wildman–Crippen MR) is 113 cm³/mol. The summed E-state index contributed by atoms with van der Waals surface area (Å²) in [5.74, 6) is 2.69. The molecule has 5 heteroatoms. The first kappa shape index (κ1) is 19.3. The normalized spacial score (nSPS) is 26.4. The fourth-order valence-electron chi connectivity index (χ4n) is 5.05. The standard InChI is InChI=1S/C23H33N3O2/c1-28-22-8-4-3-7-21(22)24-23(27)26(14-13-25-11-5-2-6-12-25)17-20-16-18-9-10-19(20)15-18/h3-4,7-10,18-20H,2,5-6,11-17H2,1H3,(H,24,27). The Labute approximate surface area is 168 Å². The second-order valence-electron chi connectivity index (χ2n) is 8.52. The summed E-state index contributed by atoms with van der Waals surface area (Å²) in [5, 5.41) is 3.09. The van der Waals surface area contributed by atoms with E-state index >= 15 is 0 Å². The minimum atomic E-state index is -0.00624. The van der Waals surface area contributed by atoms with Crippen molar-refractivity contribution < 1.29 is 9.53 Å². The number of nitrogens with one attached hydrogen (secondary N) is 1. The summed E-state index contributed by atoms with van der Waals surface area (Å²) in [6, 6.07) is 7.63. The van der Waals surface area contributed by atoms with Crippen molar-refractivity contribution in [3.8, 4) is 5.75 Å². The van der Waals surface area contributed by atoms with E-state index in [1.807, 2.05) is 29.2 Å². The predicted octanol–water partition coefficient (Wildman–Crippen LogP) is 4.23. The number of benzene rings is 1. The van der Waals surface area contributed by atoms with Gasteiger partial charge in [0.25, 0.3) is 0 Å². The number of nitrogens with zero attached hydrogens (tertiary/aromatic N) is 2. The summed E-state index contributed by atoms with van der Waals surface area (Å²) in [6.07, 6.45) is 11.1. The lowest BCUT2D eigenvalue weighted by Gasteiger charge is -2.32. The zero-order chi connectivity index (χ0) is 19.3. The Morgan fingerprint density at radius 2 is 2.00 bits per heavy atom. The Balaban J connectivity index is 1.41. The van der Waals surface area contributed by atoms with Gasteiger partial charge in [0, 0.05) is 19.6 Å². The molecule has 2 bridgehead atoms. The molecule has 0 aromatic heterocycles. The van der Waals surface area contributed by atoms with Gasteiger partial charge in [-0.15, -0.1) is 0 Å². The number of para-hydroxylation sites is 2. The molecule has 3 aliphatic rings. The van der Waals surface area contributed by atoms with Gasteiger partial charge in [-0.2, -0.15) is 0 Å². The molecule has 5 nitrogen and oxygen atoms in total. The molecule has 1 saturated carbocycles. The monoisotopic (exact) mass is 383 g/mol. The van der Waals surface area contributed by atoms with Crippen molar-refractivity contribution in [1.29, 1.82) is 0 Å². The number of methoxy groups -OCH3 is 1. The number of fused-ring (bicyclic) bond motifs is 2. The Kier molecular flexibility index (Phi) is 6.20. The highest BCUT2D eigenvalue weighted by molar-refractivity contribution is 5.91. The van der Waals surface area contributed by atoms with Crippen LogP contribution in [0.25, 0.3) is 0 Å². The number of amides is 2. The molecule has 2 amide bonds. The fourth-order valence-corrected chi connectivity index (χ4v) is 5.05. The number of allylic oxidation sites excluding steroid dienone is 2. The summed E-state index contributed by atoms with van der Waals surface area (Å²) in [4.78, 5) is 17.7. The van der Waals surface area contributed by atoms with Crippen LogP contribution in [-0.4, -0.2) is 55.7 Å². The quantitative estimate of drug-likeness (QED) is 0.717. The van der Waals surface area contributed by atoms with Gasteiger partial charge in [-0.05, 0) is 68.7 Å². The van der Waals surface area contributed by atoms with Crippen molar-refractivity contribution in [3.05, 3.63) is 36.4 Å². The van der Waals surface area contributed by atoms with Gasteiger partial charge < -0.3 is 19.9 Å². The van der Waals surface area contributed by atoms with Crippen LogP contribution in [0.15, 0.2) is 36.4 Å². The van der Waals surface area contributed by atoms with Crippen LogP contribution >= 0.6 is 0 Å². The SMILES string of the molecule is COc1ccccc1NC(=O)N(CCN1CCCCC1)CC1CC2C=CC1C2. The van der Waals surface area contributed by atoms with E-state index in [2.05, 4.69) is 22.4 Å². The Hall–Kier alpha value is -2.01. The van der Waals surface area contributed by atoms with Gasteiger partial charge >= 0.3 is 6.03 Å². The van der Waals surface area contributed by atoms with Crippen molar-refractivity contribution in [2.75, 3.05) is 45.2 Å². The molecule has 1 heterocycles. The van der Waals surface area contributed by atoms with Gasteiger partial charge in [0.1, 0.15) is 5.75 Å². The zero-order valence-corrected chi connectivity index (χ0v) is 17.0. The van der Waals surface area contributed by atoms with Gasteiger partial charge in [0.15, 0.2) is 0 Å². The lowest BCUT2D eigenvalue weighted by Crippen LogP contribution is -2.44. The summed E-state index contributed by atoms with van der Waals surface area (Å²) in [7, 11) is 1.64. The molecule has 4 rings (SSSR count). The largest absolute Gasteiger partial charge is 0.495 e. The molecule has 1 N–H and O–H groups in total. The lowest BCUT2D eigenvalue weighted by atomic mass is 9.93. The maximum Gasteiger partial charge on any atom is 0.322 e. The third-order valence-corrected chi connectivity index (χ3v) is 6.64. The van der Waals surface area contributed by atoms with Crippen molar-refractivity contribution in [2.24, 2.45) is 17.8 Å². The fraction of sp³-hybridized carbons (Fsp3) is 0.609. The van der Waals surface area contributed by atoms with Gasteiger partial charge in [0.05, 0.1) is 12.8 Å². The van der Waals surface area contributed by atoms with Gasteiger partial charge in [-0.1, -0.05) is 30.7 Å². The molecular formula is C23H33N3O2. The number of rotatable bonds is 7. The number of hydrogen-bond donors (Lipinski definition) is 1. The van der Waals surface area contributed by atoms with Crippen molar-refractivity contribution >= 4 is 11.7 Å². The number of urea groups is 1. The Morgan fingerprint density at radius 1 is 1.18 bits per heavy atom. The van der Waals surface area contributed by atoms with E-state index in [0.29, 0.717) is 17.6 Å². The molecule has 28 heavy (non-hydrogen) atoms. The molecule has 152 valence electrons. The third kappa shape index (κ3) is 4.52. The van der Waals surface area contributed by atoms with Crippen LogP contribution in [0.5, 0.6) is 5.75 Å². The van der Waals surface area contributed by atoms with Gasteiger partial charge in [-0.25, -0.2) is 4.79 Å². The van der Waals surface area contributed by atoms with Crippen LogP contribution in [0.1, 0.15) is 32.1 Å². The summed E-state index contributed by atoms with van der Waals surface area (Å²) in [6.45, 7) is 4.94. The maximum absolute atomic E-state index is 13.2. The molecule has 0 radical (unpaired) electrons. The van der Waals surface area contributed by atoms with Gasteiger partial charge in [0.2, 0.25) is 0 Å². The van der Waals surface area contributed by atoms with Crippen molar-refractivity contribution in [1.82, 2.24) is 9.80 Å². The van der Waals surface area contributed by atoms with E-state index in [-0.39, 0.29) is 6.03 Å². The molecule has 2 aliphatic carbocycles. The zero-order valence-electron chi connectivity index (χ0n) is 17.0. The number of ether oxygens (including phenoxy) is 1.